The van der Waals surface area contributed by atoms with Gasteiger partial charge in [0, 0.05) is 6.42 Å². The lowest BCUT2D eigenvalue weighted by Gasteiger charge is -2.07. The highest BCUT2D eigenvalue weighted by Crippen LogP contribution is 2.20. The molecule has 3 nitrogen and oxygen atoms in total. The van der Waals surface area contributed by atoms with Crippen LogP contribution in [0.25, 0.3) is 0 Å². The van der Waals surface area contributed by atoms with Crippen LogP contribution < -0.4 is 0 Å². The lowest BCUT2D eigenvalue weighted by Crippen LogP contribution is -2.06. The third-order valence-corrected chi connectivity index (χ3v) is 2.52. The first-order valence-electron chi connectivity index (χ1n) is 5.78. The zero-order chi connectivity index (χ0) is 14.4. The lowest BCUT2D eigenvalue weighted by molar-refractivity contribution is -0.143. The first kappa shape index (κ1) is 15.2. The summed E-state index contributed by atoms with van der Waals surface area (Å²) < 4.78 is 44.5. The summed E-state index contributed by atoms with van der Waals surface area (Å²) in [6.07, 6.45) is 0.215. The minimum Gasteiger partial charge on any atom is -0.466 e. The Morgan fingerprint density at radius 1 is 1.32 bits per heavy atom. The highest BCUT2D eigenvalue weighted by atomic mass is 19.2. The van der Waals surface area contributed by atoms with Crippen molar-refractivity contribution in [3.63, 3.8) is 0 Å². The van der Waals surface area contributed by atoms with E-state index in [0.717, 1.165) is 0 Å². The number of esters is 1. The fourth-order valence-corrected chi connectivity index (χ4v) is 1.62. The summed E-state index contributed by atoms with van der Waals surface area (Å²) in [6, 6.07) is 0.697. The molecule has 1 aromatic carbocycles. The van der Waals surface area contributed by atoms with E-state index in [-0.39, 0.29) is 37.7 Å². The zero-order valence-corrected chi connectivity index (χ0v) is 10.3. The molecule has 0 bridgehead atoms. The minimum absolute atomic E-state index is 0.0166. The summed E-state index contributed by atoms with van der Waals surface area (Å²) in [5, 5.41) is 0. The van der Waals surface area contributed by atoms with Gasteiger partial charge in [-0.3, -0.25) is 9.59 Å². The van der Waals surface area contributed by atoms with Crippen LogP contribution in [0, 0.1) is 17.5 Å². The molecule has 0 heterocycles. The van der Waals surface area contributed by atoms with Crippen LogP contribution in [0.5, 0.6) is 0 Å². The Hall–Kier alpha value is -1.85. The van der Waals surface area contributed by atoms with Crippen LogP contribution in [-0.2, 0) is 16.0 Å². The lowest BCUT2D eigenvalue weighted by atomic mass is 10.0. The van der Waals surface area contributed by atoms with E-state index in [4.69, 9.17) is 0 Å². The molecule has 19 heavy (non-hydrogen) atoms. The van der Waals surface area contributed by atoms with Crippen molar-refractivity contribution in [3.8, 4) is 0 Å². The molecule has 0 saturated heterocycles. The second-order valence-corrected chi connectivity index (χ2v) is 3.84. The number of halogens is 3. The van der Waals surface area contributed by atoms with Gasteiger partial charge in [0.25, 0.3) is 0 Å². The van der Waals surface area contributed by atoms with Crippen molar-refractivity contribution in [1.82, 2.24) is 0 Å². The summed E-state index contributed by atoms with van der Waals surface area (Å²) in [5.41, 5.74) is -1.06. The number of ether oxygens (including phenoxy) is 1. The first-order valence-corrected chi connectivity index (χ1v) is 5.78. The second kappa shape index (κ2) is 6.92. The molecule has 0 amide bonds. The summed E-state index contributed by atoms with van der Waals surface area (Å²) >= 11 is 0. The minimum atomic E-state index is -1.50. The number of aryl methyl sites for hydroxylation is 1. The molecule has 0 atom stereocenters. The number of carbonyl (C=O) groups excluding carboxylic acids is 2. The van der Waals surface area contributed by atoms with E-state index in [1.54, 1.807) is 6.92 Å². The molecule has 0 aromatic heterocycles. The Morgan fingerprint density at radius 3 is 2.58 bits per heavy atom. The molecule has 0 spiro atoms. The smallest absolute Gasteiger partial charge is 0.305 e. The Kier molecular flexibility index (Phi) is 5.54. The van der Waals surface area contributed by atoms with Gasteiger partial charge in [0.1, 0.15) is 5.82 Å². The van der Waals surface area contributed by atoms with Crippen molar-refractivity contribution in [2.24, 2.45) is 0 Å². The van der Waals surface area contributed by atoms with Gasteiger partial charge in [-0.25, -0.2) is 13.2 Å². The van der Waals surface area contributed by atoms with Gasteiger partial charge in [-0.05, 0) is 31.4 Å². The molecule has 0 aliphatic carbocycles. The van der Waals surface area contributed by atoms with E-state index in [1.807, 2.05) is 0 Å². The Bertz CT molecular complexity index is 487. The molecule has 0 saturated carbocycles. The van der Waals surface area contributed by atoms with E-state index >= 15 is 0 Å². The van der Waals surface area contributed by atoms with Crippen LogP contribution in [0.2, 0.25) is 0 Å². The van der Waals surface area contributed by atoms with E-state index in [2.05, 4.69) is 4.74 Å². The van der Waals surface area contributed by atoms with Crippen molar-refractivity contribution in [3.05, 3.63) is 34.6 Å². The second-order valence-electron chi connectivity index (χ2n) is 3.84. The summed E-state index contributed by atoms with van der Waals surface area (Å²) in [7, 11) is 0. The maximum Gasteiger partial charge on any atom is 0.305 e. The van der Waals surface area contributed by atoms with Crippen LogP contribution in [-0.4, -0.2) is 18.9 Å². The fraction of sp³-hybridized carbons (Fsp3) is 0.385. The maximum absolute atomic E-state index is 13.6. The van der Waals surface area contributed by atoms with Gasteiger partial charge in [0.2, 0.25) is 0 Å². The quantitative estimate of drug-likeness (QED) is 0.455. The van der Waals surface area contributed by atoms with Gasteiger partial charge in [-0.2, -0.15) is 0 Å². The number of aldehydes is 1. The normalized spacial score (nSPS) is 10.3. The largest absolute Gasteiger partial charge is 0.466 e. The van der Waals surface area contributed by atoms with Gasteiger partial charge in [0.05, 0.1) is 12.2 Å². The predicted molar refractivity (Wildman–Crippen MR) is 61.3 cm³/mol. The third kappa shape index (κ3) is 3.81. The zero-order valence-electron chi connectivity index (χ0n) is 10.3. The van der Waals surface area contributed by atoms with Crippen molar-refractivity contribution in [2.45, 2.75) is 26.2 Å². The first-order chi connectivity index (χ1) is 9.01. The van der Waals surface area contributed by atoms with Gasteiger partial charge in [0.15, 0.2) is 17.9 Å². The number of rotatable bonds is 6. The maximum atomic E-state index is 13.6. The molecule has 0 aliphatic heterocycles. The van der Waals surface area contributed by atoms with Gasteiger partial charge < -0.3 is 4.74 Å². The monoisotopic (exact) mass is 274 g/mol. The SMILES string of the molecule is CCOC(=O)CCCc1cc(F)c(F)c(C=O)c1F. The van der Waals surface area contributed by atoms with E-state index in [9.17, 15) is 22.8 Å². The molecule has 104 valence electrons. The number of benzene rings is 1. The van der Waals surface area contributed by atoms with E-state index in [0.29, 0.717) is 6.07 Å². The number of carbonyl (C=O) groups is 2. The van der Waals surface area contributed by atoms with E-state index in [1.165, 1.54) is 0 Å². The molecule has 6 heteroatoms. The van der Waals surface area contributed by atoms with Gasteiger partial charge >= 0.3 is 5.97 Å². The standard InChI is InChI=1S/C13H13F3O3/c1-2-19-11(18)5-3-4-8-6-10(14)13(16)9(7-17)12(8)15/h6-7H,2-5H2,1H3. The fourth-order valence-electron chi connectivity index (χ4n) is 1.62. The molecule has 0 fully saturated rings. The summed E-state index contributed by atoms with van der Waals surface area (Å²) in [5.74, 6) is -4.31. The van der Waals surface area contributed by atoms with Crippen LogP contribution in [0.3, 0.4) is 0 Å². The van der Waals surface area contributed by atoms with Crippen molar-refractivity contribution in [2.75, 3.05) is 6.61 Å². The topological polar surface area (TPSA) is 43.4 Å². The average molecular weight is 274 g/mol. The van der Waals surface area contributed by atoms with Gasteiger partial charge in [-0.1, -0.05) is 0 Å². The Morgan fingerprint density at radius 2 is 2.00 bits per heavy atom. The average Bonchev–Trinajstić information content (AvgIpc) is 2.36. The summed E-state index contributed by atoms with van der Waals surface area (Å²) in [4.78, 5) is 21.6. The van der Waals surface area contributed by atoms with Crippen LogP contribution in [0.15, 0.2) is 6.07 Å². The highest BCUT2D eigenvalue weighted by Gasteiger charge is 2.18. The third-order valence-electron chi connectivity index (χ3n) is 2.52. The van der Waals surface area contributed by atoms with Crippen molar-refractivity contribution >= 4 is 12.3 Å². The van der Waals surface area contributed by atoms with Gasteiger partial charge in [-0.15, -0.1) is 0 Å². The van der Waals surface area contributed by atoms with Crippen molar-refractivity contribution in [1.29, 1.82) is 0 Å². The van der Waals surface area contributed by atoms with E-state index < -0.39 is 29.0 Å². The molecule has 1 rings (SSSR count). The molecule has 1 aromatic rings. The number of hydrogen-bond donors (Lipinski definition) is 0. The highest BCUT2D eigenvalue weighted by molar-refractivity contribution is 5.76. The van der Waals surface area contributed by atoms with Crippen molar-refractivity contribution < 1.29 is 27.5 Å². The van der Waals surface area contributed by atoms with Crippen LogP contribution in [0.4, 0.5) is 13.2 Å². The molecule has 0 aliphatic rings. The summed E-state index contributed by atoms with van der Waals surface area (Å²) in [6.45, 7) is 1.90. The Balaban J connectivity index is 2.77. The predicted octanol–water partition coefficient (Wildman–Crippen LogP) is 2.80. The molecule has 0 radical (unpaired) electrons. The molecular formula is C13H13F3O3. The molecular weight excluding hydrogens is 261 g/mol. The Labute approximate surface area is 108 Å². The van der Waals surface area contributed by atoms with Crippen LogP contribution >= 0.6 is 0 Å². The van der Waals surface area contributed by atoms with Crippen LogP contribution in [0.1, 0.15) is 35.7 Å². The number of hydrogen-bond acceptors (Lipinski definition) is 3. The molecule has 0 unspecified atom stereocenters. The molecule has 0 N–H and O–H groups in total.